The fourth-order valence-corrected chi connectivity index (χ4v) is 5.53. The second-order valence-corrected chi connectivity index (χ2v) is 7.86. The maximum absolute atomic E-state index is 13.6. The molecule has 4 fully saturated rings. The molecule has 4 saturated carbocycles. The molecule has 4 bridgehead atoms. The Kier molecular flexibility index (Phi) is 3.63. The summed E-state index contributed by atoms with van der Waals surface area (Å²) < 4.78 is 26.8. The van der Waals surface area contributed by atoms with Gasteiger partial charge in [0, 0.05) is 25.3 Å². The maximum Gasteiger partial charge on any atom is 0.279 e. The van der Waals surface area contributed by atoms with E-state index in [9.17, 15) is 13.6 Å². The molecular formula is C18H23F2N2O+. The molecule has 5 heteroatoms. The van der Waals surface area contributed by atoms with Crippen molar-refractivity contribution < 1.29 is 18.9 Å². The predicted octanol–water partition coefficient (Wildman–Crippen LogP) is 2.44. The zero-order valence-electron chi connectivity index (χ0n) is 13.2. The molecule has 3 nitrogen and oxygen atoms in total. The summed E-state index contributed by atoms with van der Waals surface area (Å²) in [4.78, 5) is 12.1. The Balaban J connectivity index is 1.37. The molecule has 4 aliphatic carbocycles. The van der Waals surface area contributed by atoms with Crippen molar-refractivity contribution in [1.29, 1.82) is 0 Å². The van der Waals surface area contributed by atoms with Gasteiger partial charge in [-0.25, -0.2) is 8.78 Å². The molecule has 0 spiro atoms. The molecule has 1 amide bonds. The smallest absolute Gasteiger partial charge is 0.279 e. The lowest BCUT2D eigenvalue weighted by Gasteiger charge is -2.54. The number of halogens is 2. The van der Waals surface area contributed by atoms with Crippen LogP contribution in [-0.4, -0.2) is 18.0 Å². The second-order valence-electron chi connectivity index (χ2n) is 7.86. The number of carbonyl (C=O) groups excluding carboxylic acids is 1. The van der Waals surface area contributed by atoms with Crippen LogP contribution in [0.4, 0.5) is 14.5 Å². The lowest BCUT2D eigenvalue weighted by Crippen LogP contribution is -3.00. The first-order valence-corrected chi connectivity index (χ1v) is 8.61. The van der Waals surface area contributed by atoms with Crippen LogP contribution in [0.3, 0.4) is 0 Å². The second kappa shape index (κ2) is 5.55. The van der Waals surface area contributed by atoms with Crippen LogP contribution < -0.4 is 10.6 Å². The van der Waals surface area contributed by atoms with Crippen LogP contribution in [0.25, 0.3) is 0 Å². The van der Waals surface area contributed by atoms with Gasteiger partial charge in [-0.1, -0.05) is 0 Å². The molecule has 0 aliphatic heterocycles. The quantitative estimate of drug-likeness (QED) is 0.879. The van der Waals surface area contributed by atoms with Gasteiger partial charge in [0.1, 0.15) is 11.6 Å². The molecule has 5 rings (SSSR count). The van der Waals surface area contributed by atoms with E-state index in [4.69, 9.17) is 0 Å². The third kappa shape index (κ3) is 2.99. The summed E-state index contributed by atoms with van der Waals surface area (Å²) in [6, 6.07) is 3.11. The topological polar surface area (TPSA) is 45.7 Å². The van der Waals surface area contributed by atoms with Gasteiger partial charge in [0.15, 0.2) is 6.54 Å². The van der Waals surface area contributed by atoms with Gasteiger partial charge in [-0.2, -0.15) is 0 Å². The van der Waals surface area contributed by atoms with Crippen molar-refractivity contribution in [2.24, 2.45) is 17.8 Å². The van der Waals surface area contributed by atoms with Crippen molar-refractivity contribution in [3.63, 3.8) is 0 Å². The van der Waals surface area contributed by atoms with E-state index in [1.807, 2.05) is 0 Å². The maximum atomic E-state index is 13.6. The molecule has 0 unspecified atom stereocenters. The van der Waals surface area contributed by atoms with E-state index in [0.717, 1.165) is 36.0 Å². The summed E-state index contributed by atoms with van der Waals surface area (Å²) in [6.45, 7) is 0.280. The van der Waals surface area contributed by atoms with Crippen LogP contribution >= 0.6 is 0 Å². The van der Waals surface area contributed by atoms with E-state index < -0.39 is 11.6 Å². The van der Waals surface area contributed by atoms with Gasteiger partial charge >= 0.3 is 0 Å². The van der Waals surface area contributed by atoms with Crippen LogP contribution in [0.15, 0.2) is 18.2 Å². The molecule has 1 aromatic carbocycles. The molecule has 124 valence electrons. The Morgan fingerprint density at radius 3 is 2.35 bits per heavy atom. The molecule has 0 radical (unpaired) electrons. The van der Waals surface area contributed by atoms with Crippen molar-refractivity contribution in [3.8, 4) is 0 Å². The minimum atomic E-state index is -0.602. The van der Waals surface area contributed by atoms with Gasteiger partial charge < -0.3 is 10.6 Å². The van der Waals surface area contributed by atoms with Crippen LogP contribution in [0.1, 0.15) is 38.5 Å². The van der Waals surface area contributed by atoms with E-state index in [0.29, 0.717) is 0 Å². The summed E-state index contributed by atoms with van der Waals surface area (Å²) in [7, 11) is 0. The van der Waals surface area contributed by atoms with E-state index >= 15 is 0 Å². The molecule has 3 N–H and O–H groups in total. The predicted molar refractivity (Wildman–Crippen MR) is 82.7 cm³/mol. The number of nitrogens with two attached hydrogens (primary N) is 1. The lowest BCUT2D eigenvalue weighted by molar-refractivity contribution is -0.729. The Morgan fingerprint density at radius 2 is 1.74 bits per heavy atom. The first-order valence-electron chi connectivity index (χ1n) is 8.61. The van der Waals surface area contributed by atoms with Crippen molar-refractivity contribution in [2.75, 3.05) is 11.9 Å². The molecular weight excluding hydrogens is 298 g/mol. The molecule has 0 aromatic heterocycles. The summed E-state index contributed by atoms with van der Waals surface area (Å²) in [5, 5.41) is 4.67. The molecule has 0 heterocycles. The normalized spacial score (nSPS) is 34.6. The van der Waals surface area contributed by atoms with Crippen molar-refractivity contribution in [3.05, 3.63) is 29.8 Å². The van der Waals surface area contributed by atoms with Gasteiger partial charge in [-0.3, -0.25) is 4.79 Å². The van der Waals surface area contributed by atoms with Crippen LogP contribution in [0, 0.1) is 29.4 Å². The van der Waals surface area contributed by atoms with Gasteiger partial charge in [0.2, 0.25) is 0 Å². The molecule has 0 atom stereocenters. The Bertz CT molecular complexity index is 596. The zero-order valence-corrected chi connectivity index (χ0v) is 13.2. The molecule has 0 saturated heterocycles. The Hall–Kier alpha value is -1.49. The standard InChI is InChI=1S/C18H22F2N2O/c19-14-1-2-15(20)16(6-14)22-17(23)10-21-18-7-11-3-12(8-18)5-13(4-11)9-18/h1-2,6,11-13,21H,3-5,7-10H2,(H,22,23)/p+1. The van der Waals surface area contributed by atoms with Crippen molar-refractivity contribution >= 4 is 11.6 Å². The van der Waals surface area contributed by atoms with Gasteiger partial charge in [0.25, 0.3) is 5.91 Å². The summed E-state index contributed by atoms with van der Waals surface area (Å²) >= 11 is 0. The summed E-state index contributed by atoms with van der Waals surface area (Å²) in [5.74, 6) is 1.09. The Labute approximate surface area is 134 Å². The first-order chi connectivity index (χ1) is 11.0. The zero-order chi connectivity index (χ0) is 16.0. The van der Waals surface area contributed by atoms with Crippen molar-refractivity contribution in [1.82, 2.24) is 0 Å². The van der Waals surface area contributed by atoms with E-state index in [-0.39, 0.29) is 23.7 Å². The van der Waals surface area contributed by atoms with Gasteiger partial charge in [0.05, 0.1) is 11.2 Å². The average molecular weight is 321 g/mol. The number of quaternary nitrogens is 1. The number of amides is 1. The van der Waals surface area contributed by atoms with Gasteiger partial charge in [-0.05, 0) is 49.1 Å². The first kappa shape index (κ1) is 15.1. The number of benzene rings is 1. The fraction of sp³-hybridized carbons (Fsp3) is 0.611. The average Bonchev–Trinajstić information content (AvgIpc) is 2.48. The largest absolute Gasteiger partial charge is 0.334 e. The molecule has 23 heavy (non-hydrogen) atoms. The van der Waals surface area contributed by atoms with Gasteiger partial charge in [-0.15, -0.1) is 0 Å². The van der Waals surface area contributed by atoms with Crippen LogP contribution in [0.2, 0.25) is 0 Å². The Morgan fingerprint density at radius 1 is 1.13 bits per heavy atom. The number of nitrogens with one attached hydrogen (secondary N) is 1. The number of carbonyl (C=O) groups is 1. The summed E-state index contributed by atoms with van der Waals surface area (Å²) in [6.07, 6.45) is 7.73. The van der Waals surface area contributed by atoms with Crippen LogP contribution in [0.5, 0.6) is 0 Å². The van der Waals surface area contributed by atoms with E-state index in [2.05, 4.69) is 10.6 Å². The van der Waals surface area contributed by atoms with E-state index in [1.165, 1.54) is 38.5 Å². The molecule has 1 aromatic rings. The van der Waals surface area contributed by atoms with Crippen LogP contribution in [-0.2, 0) is 4.79 Å². The number of rotatable bonds is 4. The minimum Gasteiger partial charge on any atom is -0.334 e. The fourth-order valence-electron chi connectivity index (χ4n) is 5.53. The number of hydrogen-bond acceptors (Lipinski definition) is 1. The monoisotopic (exact) mass is 321 g/mol. The number of hydrogen-bond donors (Lipinski definition) is 2. The molecule has 4 aliphatic rings. The summed E-state index contributed by atoms with van der Waals surface area (Å²) in [5.41, 5.74) is 0.140. The lowest BCUT2D eigenvalue weighted by atomic mass is 9.53. The third-order valence-electron chi connectivity index (χ3n) is 6.01. The SMILES string of the molecule is O=C(C[NH2+]C12CC3CC(CC(C3)C1)C2)Nc1cc(F)ccc1F. The highest BCUT2D eigenvalue weighted by atomic mass is 19.1. The highest BCUT2D eigenvalue weighted by molar-refractivity contribution is 5.91. The van der Waals surface area contributed by atoms with E-state index in [1.54, 1.807) is 0 Å². The minimum absolute atomic E-state index is 0.0751. The van der Waals surface area contributed by atoms with Crippen molar-refractivity contribution in [2.45, 2.75) is 44.1 Å². The highest BCUT2D eigenvalue weighted by Gasteiger charge is 2.53. The highest BCUT2D eigenvalue weighted by Crippen LogP contribution is 2.54. The number of anilines is 1. The third-order valence-corrected chi connectivity index (χ3v) is 6.01.